The molecule has 0 unspecified atom stereocenters. The summed E-state index contributed by atoms with van der Waals surface area (Å²) < 4.78 is 27.5. The van der Waals surface area contributed by atoms with Crippen molar-refractivity contribution in [3.05, 3.63) is 64.1 Å². The molecular weight excluding hydrogens is 342 g/mol. The van der Waals surface area contributed by atoms with E-state index in [4.69, 9.17) is 0 Å². The van der Waals surface area contributed by atoms with Gasteiger partial charge in [0.15, 0.2) is 0 Å². The third kappa shape index (κ3) is 4.53. The van der Waals surface area contributed by atoms with E-state index in [1.807, 2.05) is 0 Å². The smallest absolute Gasteiger partial charge is 0.239 e. The van der Waals surface area contributed by atoms with Gasteiger partial charge in [0, 0.05) is 16.6 Å². The van der Waals surface area contributed by atoms with Gasteiger partial charge in [0.1, 0.15) is 11.6 Å². The number of halogens is 3. The molecular formula is C15H13BrF2N2O. The quantitative estimate of drug-likeness (QED) is 0.863. The maximum absolute atomic E-state index is 13.5. The molecule has 0 aliphatic carbocycles. The van der Waals surface area contributed by atoms with Gasteiger partial charge >= 0.3 is 0 Å². The van der Waals surface area contributed by atoms with Gasteiger partial charge in [-0.05, 0) is 24.3 Å². The molecule has 0 spiro atoms. The van der Waals surface area contributed by atoms with Crippen LogP contribution in [0.3, 0.4) is 0 Å². The van der Waals surface area contributed by atoms with Crippen LogP contribution in [0.5, 0.6) is 0 Å². The summed E-state index contributed by atoms with van der Waals surface area (Å²) in [6.45, 7) is 0.00299. The van der Waals surface area contributed by atoms with Crippen LogP contribution in [0.2, 0.25) is 0 Å². The highest BCUT2D eigenvalue weighted by Crippen LogP contribution is 2.18. The second-order valence-corrected chi connectivity index (χ2v) is 5.26. The topological polar surface area (TPSA) is 41.1 Å². The summed E-state index contributed by atoms with van der Waals surface area (Å²) in [7, 11) is 0. The molecule has 0 aromatic heterocycles. The Balaban J connectivity index is 1.84. The van der Waals surface area contributed by atoms with E-state index in [1.54, 1.807) is 24.3 Å². The van der Waals surface area contributed by atoms with Crippen LogP contribution in [0.25, 0.3) is 0 Å². The maximum atomic E-state index is 13.5. The fourth-order valence-electron chi connectivity index (χ4n) is 1.71. The number of nitrogens with one attached hydrogen (secondary N) is 2. The third-order valence-electron chi connectivity index (χ3n) is 2.80. The summed E-state index contributed by atoms with van der Waals surface area (Å²) in [5.41, 5.74) is 0.639. The zero-order chi connectivity index (χ0) is 15.2. The Morgan fingerprint density at radius 2 is 1.86 bits per heavy atom. The lowest BCUT2D eigenvalue weighted by Crippen LogP contribution is -2.29. The van der Waals surface area contributed by atoms with E-state index < -0.39 is 5.82 Å². The molecule has 21 heavy (non-hydrogen) atoms. The molecule has 2 rings (SSSR count). The number of carbonyl (C=O) groups excluding carboxylic acids is 1. The van der Waals surface area contributed by atoms with Crippen LogP contribution in [-0.4, -0.2) is 12.5 Å². The first-order chi connectivity index (χ1) is 10.1. The van der Waals surface area contributed by atoms with Crippen molar-refractivity contribution >= 4 is 27.5 Å². The van der Waals surface area contributed by atoms with E-state index in [9.17, 15) is 13.6 Å². The molecule has 0 heterocycles. The SMILES string of the molecule is O=C(CNc1ccc(Br)cc1F)NCc1ccccc1F. The predicted molar refractivity (Wildman–Crippen MR) is 80.8 cm³/mol. The lowest BCUT2D eigenvalue weighted by molar-refractivity contribution is -0.119. The number of hydrogen-bond donors (Lipinski definition) is 2. The minimum Gasteiger partial charge on any atom is -0.374 e. The number of hydrogen-bond acceptors (Lipinski definition) is 2. The first kappa shape index (κ1) is 15.4. The highest BCUT2D eigenvalue weighted by molar-refractivity contribution is 9.10. The molecule has 0 atom stereocenters. The average molecular weight is 355 g/mol. The molecule has 0 aliphatic rings. The first-order valence-corrected chi connectivity index (χ1v) is 7.04. The van der Waals surface area contributed by atoms with Crippen molar-refractivity contribution in [2.24, 2.45) is 0 Å². The zero-order valence-corrected chi connectivity index (χ0v) is 12.6. The van der Waals surface area contributed by atoms with Gasteiger partial charge < -0.3 is 10.6 Å². The molecule has 2 aromatic carbocycles. The fourth-order valence-corrected chi connectivity index (χ4v) is 2.04. The summed E-state index contributed by atoms with van der Waals surface area (Å²) in [5, 5.41) is 5.26. The van der Waals surface area contributed by atoms with Gasteiger partial charge in [-0.25, -0.2) is 8.78 Å². The van der Waals surface area contributed by atoms with Crippen LogP contribution >= 0.6 is 15.9 Å². The molecule has 0 fully saturated rings. The average Bonchev–Trinajstić information content (AvgIpc) is 2.45. The van der Waals surface area contributed by atoms with E-state index in [-0.39, 0.29) is 30.5 Å². The van der Waals surface area contributed by atoms with Crippen LogP contribution in [0.1, 0.15) is 5.56 Å². The maximum Gasteiger partial charge on any atom is 0.239 e. The fraction of sp³-hybridized carbons (Fsp3) is 0.133. The van der Waals surface area contributed by atoms with Crippen LogP contribution < -0.4 is 10.6 Å². The number of amides is 1. The Morgan fingerprint density at radius 3 is 2.57 bits per heavy atom. The molecule has 0 aliphatic heterocycles. The van der Waals surface area contributed by atoms with Gasteiger partial charge in [-0.1, -0.05) is 34.1 Å². The van der Waals surface area contributed by atoms with E-state index in [0.717, 1.165) is 0 Å². The molecule has 6 heteroatoms. The summed E-state index contributed by atoms with van der Waals surface area (Å²) in [6.07, 6.45) is 0. The van der Waals surface area contributed by atoms with E-state index in [0.29, 0.717) is 10.0 Å². The van der Waals surface area contributed by atoms with Crippen LogP contribution in [0.4, 0.5) is 14.5 Å². The number of rotatable bonds is 5. The van der Waals surface area contributed by atoms with Crippen molar-refractivity contribution in [1.29, 1.82) is 0 Å². The van der Waals surface area contributed by atoms with Gasteiger partial charge in [-0.3, -0.25) is 4.79 Å². The van der Waals surface area contributed by atoms with Crippen molar-refractivity contribution in [3.8, 4) is 0 Å². The molecule has 110 valence electrons. The number of carbonyl (C=O) groups is 1. The lowest BCUT2D eigenvalue weighted by Gasteiger charge is -2.09. The van der Waals surface area contributed by atoms with Crippen molar-refractivity contribution in [2.45, 2.75) is 6.54 Å². The predicted octanol–water partition coefficient (Wildman–Crippen LogP) is 3.46. The number of benzene rings is 2. The summed E-state index contributed by atoms with van der Waals surface area (Å²) in [4.78, 5) is 11.7. The summed E-state index contributed by atoms with van der Waals surface area (Å²) >= 11 is 3.15. The Hall–Kier alpha value is -1.95. The van der Waals surface area contributed by atoms with Gasteiger partial charge in [-0.15, -0.1) is 0 Å². The van der Waals surface area contributed by atoms with E-state index in [1.165, 1.54) is 18.2 Å². The third-order valence-corrected chi connectivity index (χ3v) is 3.30. The largest absolute Gasteiger partial charge is 0.374 e. The minimum atomic E-state index is -0.453. The van der Waals surface area contributed by atoms with Crippen LogP contribution in [-0.2, 0) is 11.3 Å². The van der Waals surface area contributed by atoms with Crippen molar-refractivity contribution < 1.29 is 13.6 Å². The molecule has 0 bridgehead atoms. The van der Waals surface area contributed by atoms with Crippen molar-refractivity contribution in [1.82, 2.24) is 5.32 Å². The number of anilines is 1. The van der Waals surface area contributed by atoms with Gasteiger partial charge in [0.2, 0.25) is 5.91 Å². The molecule has 2 N–H and O–H groups in total. The summed E-state index contributed by atoms with van der Waals surface area (Å²) in [5.74, 6) is -1.17. The Kier molecular flexibility index (Phi) is 5.27. The molecule has 0 saturated carbocycles. The normalized spacial score (nSPS) is 10.2. The van der Waals surface area contributed by atoms with Gasteiger partial charge in [-0.2, -0.15) is 0 Å². The Labute approximate surface area is 129 Å². The molecule has 1 amide bonds. The van der Waals surface area contributed by atoms with Gasteiger partial charge in [0.25, 0.3) is 0 Å². The van der Waals surface area contributed by atoms with Gasteiger partial charge in [0.05, 0.1) is 12.2 Å². The molecule has 2 aromatic rings. The highest BCUT2D eigenvalue weighted by Gasteiger charge is 2.06. The summed E-state index contributed by atoms with van der Waals surface area (Å²) in [6, 6.07) is 10.7. The molecule has 0 saturated heterocycles. The Bertz CT molecular complexity index is 649. The zero-order valence-electron chi connectivity index (χ0n) is 11.0. The first-order valence-electron chi connectivity index (χ1n) is 6.25. The van der Waals surface area contributed by atoms with E-state index in [2.05, 4.69) is 26.6 Å². The molecule has 3 nitrogen and oxygen atoms in total. The van der Waals surface area contributed by atoms with Crippen LogP contribution in [0.15, 0.2) is 46.9 Å². The van der Waals surface area contributed by atoms with Crippen molar-refractivity contribution in [2.75, 3.05) is 11.9 Å². The second kappa shape index (κ2) is 7.17. The van der Waals surface area contributed by atoms with E-state index >= 15 is 0 Å². The van der Waals surface area contributed by atoms with Crippen LogP contribution in [0, 0.1) is 11.6 Å². The lowest BCUT2D eigenvalue weighted by atomic mass is 10.2. The highest BCUT2D eigenvalue weighted by atomic mass is 79.9. The Morgan fingerprint density at radius 1 is 1.10 bits per heavy atom. The monoisotopic (exact) mass is 354 g/mol. The minimum absolute atomic E-state index is 0.0903. The molecule has 0 radical (unpaired) electrons. The second-order valence-electron chi connectivity index (χ2n) is 4.35. The standard InChI is InChI=1S/C15H13BrF2N2O/c16-11-5-6-14(13(18)7-11)19-9-15(21)20-8-10-3-1-2-4-12(10)17/h1-7,19H,8-9H2,(H,20,21). The van der Waals surface area contributed by atoms with Crippen molar-refractivity contribution in [3.63, 3.8) is 0 Å².